The molecular weight excluding hydrogens is 194 g/mol. The second-order valence-corrected chi connectivity index (χ2v) is 4.44. The first-order valence-electron chi connectivity index (χ1n) is 4.47. The van der Waals surface area contributed by atoms with Crippen molar-refractivity contribution < 1.29 is 4.79 Å². The van der Waals surface area contributed by atoms with E-state index in [4.69, 9.17) is 0 Å². The van der Waals surface area contributed by atoms with Gasteiger partial charge in [-0.2, -0.15) is 0 Å². The maximum absolute atomic E-state index is 11.5. The Balaban J connectivity index is 2.91. The van der Waals surface area contributed by atoms with Gasteiger partial charge in [0.1, 0.15) is 0 Å². The SMILES string of the molecule is Cc1cccc(C)c1SC(=O)N(C)C. The lowest BCUT2D eigenvalue weighted by molar-refractivity contribution is 0.241. The third kappa shape index (κ3) is 2.51. The highest BCUT2D eigenvalue weighted by Crippen LogP contribution is 2.27. The number of benzene rings is 1. The standard InChI is InChI=1S/C11H15NOS/c1-8-6-5-7-9(2)10(8)14-11(13)12(3)4/h5-7H,1-4H3. The Morgan fingerprint density at radius 3 is 2.14 bits per heavy atom. The Hall–Kier alpha value is -0.960. The van der Waals surface area contributed by atoms with Gasteiger partial charge < -0.3 is 4.90 Å². The van der Waals surface area contributed by atoms with Crippen LogP contribution in [0.5, 0.6) is 0 Å². The molecule has 0 aliphatic rings. The summed E-state index contributed by atoms with van der Waals surface area (Å²) in [4.78, 5) is 14.2. The minimum Gasteiger partial charge on any atom is -0.339 e. The normalized spacial score (nSPS) is 10.0. The van der Waals surface area contributed by atoms with Crippen molar-refractivity contribution in [1.29, 1.82) is 0 Å². The summed E-state index contributed by atoms with van der Waals surface area (Å²) in [5, 5.41) is 0.0717. The fraction of sp³-hybridized carbons (Fsp3) is 0.364. The number of nitrogens with zero attached hydrogens (tertiary/aromatic N) is 1. The first-order chi connectivity index (χ1) is 6.52. The molecule has 0 heterocycles. The van der Waals surface area contributed by atoms with Gasteiger partial charge in [-0.05, 0) is 36.7 Å². The minimum atomic E-state index is 0.0717. The minimum absolute atomic E-state index is 0.0717. The molecule has 1 amide bonds. The molecule has 0 aromatic heterocycles. The Bertz CT molecular complexity index is 327. The first kappa shape index (κ1) is 11.1. The molecule has 0 saturated heterocycles. The van der Waals surface area contributed by atoms with Crippen molar-refractivity contribution in [1.82, 2.24) is 4.90 Å². The van der Waals surface area contributed by atoms with Crippen LogP contribution < -0.4 is 0 Å². The average molecular weight is 209 g/mol. The molecule has 2 nitrogen and oxygen atoms in total. The third-order valence-corrected chi connectivity index (χ3v) is 3.35. The van der Waals surface area contributed by atoms with Crippen molar-refractivity contribution in [3.63, 3.8) is 0 Å². The van der Waals surface area contributed by atoms with E-state index in [-0.39, 0.29) is 5.24 Å². The average Bonchev–Trinajstić information content (AvgIpc) is 2.11. The Kier molecular flexibility index (Phi) is 3.58. The molecule has 0 atom stereocenters. The lowest BCUT2D eigenvalue weighted by Gasteiger charge is -2.12. The lowest BCUT2D eigenvalue weighted by atomic mass is 10.2. The molecule has 3 heteroatoms. The van der Waals surface area contributed by atoms with E-state index in [9.17, 15) is 4.79 Å². The van der Waals surface area contributed by atoms with Crippen LogP contribution in [0.2, 0.25) is 0 Å². The van der Waals surface area contributed by atoms with Gasteiger partial charge in [-0.1, -0.05) is 18.2 Å². The van der Waals surface area contributed by atoms with Crippen LogP contribution in [0, 0.1) is 13.8 Å². The van der Waals surface area contributed by atoms with Crippen molar-refractivity contribution in [2.45, 2.75) is 18.7 Å². The number of carbonyl (C=O) groups excluding carboxylic acids is 1. The summed E-state index contributed by atoms with van der Waals surface area (Å²) >= 11 is 1.29. The predicted octanol–water partition coefficient (Wildman–Crippen LogP) is 3.08. The zero-order valence-electron chi connectivity index (χ0n) is 9.00. The molecular formula is C11H15NOS. The molecule has 0 radical (unpaired) electrons. The molecule has 0 fully saturated rings. The smallest absolute Gasteiger partial charge is 0.285 e. The predicted molar refractivity (Wildman–Crippen MR) is 60.9 cm³/mol. The highest BCUT2D eigenvalue weighted by Gasteiger charge is 2.10. The number of hydrogen-bond donors (Lipinski definition) is 0. The van der Waals surface area contributed by atoms with E-state index in [1.54, 1.807) is 19.0 Å². The van der Waals surface area contributed by atoms with Crippen LogP contribution in [0.1, 0.15) is 11.1 Å². The fourth-order valence-corrected chi connectivity index (χ4v) is 1.95. The Labute approximate surface area is 89.3 Å². The van der Waals surface area contributed by atoms with Crippen LogP contribution >= 0.6 is 11.8 Å². The van der Waals surface area contributed by atoms with Crippen LogP contribution in [0.25, 0.3) is 0 Å². The summed E-state index contributed by atoms with van der Waals surface area (Å²) in [6.07, 6.45) is 0. The number of rotatable bonds is 1. The molecule has 14 heavy (non-hydrogen) atoms. The molecule has 76 valence electrons. The topological polar surface area (TPSA) is 20.3 Å². The number of amides is 1. The molecule has 0 saturated carbocycles. The van der Waals surface area contributed by atoms with Gasteiger partial charge in [0.15, 0.2) is 0 Å². The lowest BCUT2D eigenvalue weighted by Crippen LogP contribution is -2.16. The zero-order chi connectivity index (χ0) is 10.7. The van der Waals surface area contributed by atoms with Gasteiger partial charge in [-0.25, -0.2) is 0 Å². The maximum Gasteiger partial charge on any atom is 0.285 e. The second kappa shape index (κ2) is 4.51. The first-order valence-corrected chi connectivity index (χ1v) is 5.29. The van der Waals surface area contributed by atoms with E-state index in [2.05, 4.69) is 0 Å². The van der Waals surface area contributed by atoms with Gasteiger partial charge in [0.25, 0.3) is 5.24 Å². The van der Waals surface area contributed by atoms with E-state index < -0.39 is 0 Å². The van der Waals surface area contributed by atoms with E-state index in [1.807, 2.05) is 32.0 Å². The van der Waals surface area contributed by atoms with Crippen LogP contribution in [-0.4, -0.2) is 24.2 Å². The summed E-state index contributed by atoms with van der Waals surface area (Å²) in [5.41, 5.74) is 2.32. The second-order valence-electron chi connectivity index (χ2n) is 3.48. The van der Waals surface area contributed by atoms with Gasteiger partial charge in [0, 0.05) is 19.0 Å². The van der Waals surface area contributed by atoms with Gasteiger partial charge in [-0.15, -0.1) is 0 Å². The molecule has 0 unspecified atom stereocenters. The fourth-order valence-electron chi connectivity index (χ4n) is 1.14. The summed E-state index contributed by atoms with van der Waals surface area (Å²) in [6, 6.07) is 6.06. The molecule has 1 aromatic carbocycles. The maximum atomic E-state index is 11.5. The van der Waals surface area contributed by atoms with Crippen LogP contribution in [0.15, 0.2) is 23.1 Å². The molecule has 0 spiro atoms. The van der Waals surface area contributed by atoms with Crippen LogP contribution in [-0.2, 0) is 0 Å². The van der Waals surface area contributed by atoms with Crippen LogP contribution in [0.4, 0.5) is 4.79 Å². The molecule has 1 aromatic rings. The summed E-state index contributed by atoms with van der Waals surface area (Å²) < 4.78 is 0. The quantitative estimate of drug-likeness (QED) is 0.662. The molecule has 0 aliphatic carbocycles. The van der Waals surface area contributed by atoms with E-state index in [0.29, 0.717) is 0 Å². The number of aryl methyl sites for hydroxylation is 2. The van der Waals surface area contributed by atoms with E-state index >= 15 is 0 Å². The Morgan fingerprint density at radius 2 is 1.71 bits per heavy atom. The number of hydrogen-bond acceptors (Lipinski definition) is 2. The highest BCUT2D eigenvalue weighted by atomic mass is 32.2. The molecule has 0 bridgehead atoms. The van der Waals surface area contributed by atoms with Crippen molar-refractivity contribution in [2.75, 3.05) is 14.1 Å². The van der Waals surface area contributed by atoms with Crippen molar-refractivity contribution in [3.05, 3.63) is 29.3 Å². The molecule has 0 aliphatic heterocycles. The van der Waals surface area contributed by atoms with E-state index in [0.717, 1.165) is 16.0 Å². The van der Waals surface area contributed by atoms with Crippen molar-refractivity contribution in [3.8, 4) is 0 Å². The summed E-state index contributed by atoms with van der Waals surface area (Å²) in [5.74, 6) is 0. The molecule has 0 N–H and O–H groups in total. The summed E-state index contributed by atoms with van der Waals surface area (Å²) in [6.45, 7) is 4.05. The van der Waals surface area contributed by atoms with Crippen molar-refractivity contribution >= 4 is 17.0 Å². The van der Waals surface area contributed by atoms with Gasteiger partial charge in [0.05, 0.1) is 0 Å². The third-order valence-electron chi connectivity index (χ3n) is 1.96. The Morgan fingerprint density at radius 1 is 1.21 bits per heavy atom. The molecule has 1 rings (SSSR count). The zero-order valence-corrected chi connectivity index (χ0v) is 9.81. The van der Waals surface area contributed by atoms with Crippen LogP contribution in [0.3, 0.4) is 0 Å². The highest BCUT2D eigenvalue weighted by molar-refractivity contribution is 8.13. The number of carbonyl (C=O) groups is 1. The van der Waals surface area contributed by atoms with Crippen molar-refractivity contribution in [2.24, 2.45) is 0 Å². The largest absolute Gasteiger partial charge is 0.339 e. The van der Waals surface area contributed by atoms with Gasteiger partial charge >= 0.3 is 0 Å². The monoisotopic (exact) mass is 209 g/mol. The van der Waals surface area contributed by atoms with E-state index in [1.165, 1.54) is 11.8 Å². The number of thioether (sulfide) groups is 1. The van der Waals surface area contributed by atoms with Gasteiger partial charge in [0.2, 0.25) is 0 Å². The van der Waals surface area contributed by atoms with Gasteiger partial charge in [-0.3, -0.25) is 4.79 Å². The summed E-state index contributed by atoms with van der Waals surface area (Å²) in [7, 11) is 3.53.